The lowest BCUT2D eigenvalue weighted by atomic mass is 10.1. The molecule has 0 fully saturated rings. The Balaban J connectivity index is 1.81. The number of hydrogen-bond donors (Lipinski definition) is 1. The smallest absolute Gasteiger partial charge is 0.255 e. The molecule has 1 aromatic heterocycles. The van der Waals surface area contributed by atoms with Crippen LogP contribution in [0.1, 0.15) is 27.6 Å². The van der Waals surface area contributed by atoms with Gasteiger partial charge in [-0.1, -0.05) is 23.4 Å². The van der Waals surface area contributed by atoms with Gasteiger partial charge in [0.15, 0.2) is 17.3 Å². The maximum absolute atomic E-state index is 12.6. The Morgan fingerprint density at radius 1 is 1.12 bits per heavy atom. The van der Waals surface area contributed by atoms with E-state index in [1.54, 1.807) is 32.2 Å². The number of amides is 1. The van der Waals surface area contributed by atoms with Gasteiger partial charge in [0.25, 0.3) is 5.91 Å². The van der Waals surface area contributed by atoms with Crippen molar-refractivity contribution >= 4 is 11.6 Å². The van der Waals surface area contributed by atoms with E-state index in [-0.39, 0.29) is 5.91 Å². The van der Waals surface area contributed by atoms with Crippen molar-refractivity contribution in [3.63, 3.8) is 0 Å². The van der Waals surface area contributed by atoms with Crippen molar-refractivity contribution in [3.05, 3.63) is 65.3 Å². The maximum Gasteiger partial charge on any atom is 0.255 e. The highest BCUT2D eigenvalue weighted by Crippen LogP contribution is 2.28. The summed E-state index contributed by atoms with van der Waals surface area (Å²) in [7, 11) is 3.08. The zero-order chi connectivity index (χ0) is 18.5. The first-order valence-electron chi connectivity index (χ1n) is 8.01. The van der Waals surface area contributed by atoms with Crippen molar-refractivity contribution in [2.45, 2.75) is 13.3 Å². The first-order valence-corrected chi connectivity index (χ1v) is 8.01. The van der Waals surface area contributed by atoms with Gasteiger partial charge in [-0.15, -0.1) is 0 Å². The van der Waals surface area contributed by atoms with E-state index < -0.39 is 0 Å². The molecule has 3 rings (SSSR count). The fraction of sp³-hybridized carbons (Fsp3) is 0.211. The van der Waals surface area contributed by atoms with Crippen LogP contribution in [0, 0.1) is 6.92 Å². The molecule has 1 N–H and O–H groups in total. The predicted octanol–water partition coefficient (Wildman–Crippen LogP) is 3.24. The average Bonchev–Trinajstić information content (AvgIpc) is 3.07. The number of aromatic nitrogens is 2. The van der Waals surface area contributed by atoms with Crippen LogP contribution in [0.15, 0.2) is 47.0 Å². The number of carbonyl (C=O) groups excluding carboxylic acids is 1. The highest BCUT2D eigenvalue weighted by atomic mass is 16.5. The topological polar surface area (TPSA) is 86.5 Å². The molecule has 0 atom stereocenters. The molecule has 0 radical (unpaired) electrons. The van der Waals surface area contributed by atoms with E-state index in [0.717, 1.165) is 5.56 Å². The molecule has 0 aliphatic rings. The maximum atomic E-state index is 12.6. The van der Waals surface area contributed by atoms with Gasteiger partial charge < -0.3 is 19.3 Å². The van der Waals surface area contributed by atoms with E-state index in [0.29, 0.717) is 40.9 Å². The number of anilines is 1. The Morgan fingerprint density at radius 3 is 2.58 bits per heavy atom. The summed E-state index contributed by atoms with van der Waals surface area (Å²) in [6.07, 6.45) is 0.434. The zero-order valence-corrected chi connectivity index (χ0v) is 14.8. The lowest BCUT2D eigenvalue weighted by molar-refractivity contribution is 0.102. The van der Waals surface area contributed by atoms with Crippen LogP contribution in [0.2, 0.25) is 0 Å². The highest BCUT2D eigenvalue weighted by Gasteiger charge is 2.14. The van der Waals surface area contributed by atoms with Crippen LogP contribution in [0.25, 0.3) is 0 Å². The minimum absolute atomic E-state index is 0.250. The fourth-order valence-electron chi connectivity index (χ4n) is 2.54. The summed E-state index contributed by atoms with van der Waals surface area (Å²) in [5, 5.41) is 6.70. The summed E-state index contributed by atoms with van der Waals surface area (Å²) >= 11 is 0. The molecule has 0 spiro atoms. The van der Waals surface area contributed by atoms with Crippen LogP contribution in [-0.2, 0) is 6.42 Å². The van der Waals surface area contributed by atoms with Gasteiger partial charge in [0.2, 0.25) is 5.89 Å². The van der Waals surface area contributed by atoms with E-state index >= 15 is 0 Å². The van der Waals surface area contributed by atoms with Crippen LogP contribution in [-0.4, -0.2) is 30.3 Å². The molecule has 26 heavy (non-hydrogen) atoms. The first-order chi connectivity index (χ1) is 12.6. The number of rotatable bonds is 6. The Bertz CT molecular complexity index is 921. The molecule has 1 amide bonds. The number of hydrogen-bond acceptors (Lipinski definition) is 6. The number of benzene rings is 2. The second-order valence-electron chi connectivity index (χ2n) is 5.59. The van der Waals surface area contributed by atoms with Crippen molar-refractivity contribution in [1.82, 2.24) is 10.1 Å². The van der Waals surface area contributed by atoms with Gasteiger partial charge in [0, 0.05) is 11.3 Å². The van der Waals surface area contributed by atoms with Gasteiger partial charge in [-0.05, 0) is 36.8 Å². The third-order valence-electron chi connectivity index (χ3n) is 3.82. The van der Waals surface area contributed by atoms with Gasteiger partial charge >= 0.3 is 0 Å². The van der Waals surface area contributed by atoms with E-state index in [1.807, 2.05) is 24.3 Å². The van der Waals surface area contributed by atoms with Crippen LogP contribution < -0.4 is 14.8 Å². The summed E-state index contributed by atoms with van der Waals surface area (Å²) in [6.45, 7) is 1.76. The third kappa shape index (κ3) is 3.83. The number of nitrogens with one attached hydrogen (secondary N) is 1. The third-order valence-corrected chi connectivity index (χ3v) is 3.82. The van der Waals surface area contributed by atoms with E-state index in [4.69, 9.17) is 14.0 Å². The van der Waals surface area contributed by atoms with Crippen molar-refractivity contribution in [2.24, 2.45) is 0 Å². The Hall–Kier alpha value is -3.35. The lowest BCUT2D eigenvalue weighted by Crippen LogP contribution is -2.13. The monoisotopic (exact) mass is 353 g/mol. The lowest BCUT2D eigenvalue weighted by Gasteiger charge is -2.12. The molecule has 7 heteroatoms. The molecule has 7 nitrogen and oxygen atoms in total. The van der Waals surface area contributed by atoms with Crippen molar-refractivity contribution < 1.29 is 18.8 Å². The number of carbonyl (C=O) groups is 1. The minimum atomic E-state index is -0.250. The Morgan fingerprint density at radius 2 is 1.88 bits per heavy atom. The number of ether oxygens (including phenoxy) is 2. The molecule has 2 aromatic carbocycles. The summed E-state index contributed by atoms with van der Waals surface area (Å²) in [4.78, 5) is 16.8. The van der Waals surface area contributed by atoms with Crippen LogP contribution >= 0.6 is 0 Å². The molecule has 0 aliphatic heterocycles. The first kappa shape index (κ1) is 17.5. The van der Waals surface area contributed by atoms with E-state index in [1.165, 1.54) is 7.11 Å². The molecule has 0 saturated heterocycles. The van der Waals surface area contributed by atoms with Crippen LogP contribution in [0.4, 0.5) is 5.69 Å². The van der Waals surface area contributed by atoms with Crippen molar-refractivity contribution in [2.75, 3.05) is 19.5 Å². The van der Waals surface area contributed by atoms with Gasteiger partial charge in [0.1, 0.15) is 0 Å². The predicted molar refractivity (Wildman–Crippen MR) is 95.8 cm³/mol. The van der Waals surface area contributed by atoms with E-state index in [2.05, 4.69) is 15.5 Å². The van der Waals surface area contributed by atoms with Gasteiger partial charge in [-0.3, -0.25) is 4.79 Å². The molecular weight excluding hydrogens is 334 g/mol. The number of para-hydroxylation sites is 1. The summed E-state index contributed by atoms with van der Waals surface area (Å²) in [5.74, 6) is 1.88. The van der Waals surface area contributed by atoms with Crippen LogP contribution in [0.3, 0.4) is 0 Å². The molecule has 0 bridgehead atoms. The normalized spacial score (nSPS) is 10.4. The Labute approximate surface area is 150 Å². The summed E-state index contributed by atoms with van der Waals surface area (Å²) < 4.78 is 15.6. The molecule has 3 aromatic rings. The molecule has 0 aliphatic carbocycles. The summed E-state index contributed by atoms with van der Waals surface area (Å²) in [5.41, 5.74) is 2.03. The molecule has 0 saturated carbocycles. The number of methoxy groups -OCH3 is 2. The Kier molecular flexibility index (Phi) is 5.17. The van der Waals surface area contributed by atoms with Gasteiger partial charge in [-0.25, -0.2) is 0 Å². The average molecular weight is 353 g/mol. The SMILES string of the molecule is COc1ccc(C(=O)Nc2ccccc2Cc2nc(C)no2)cc1OC. The second kappa shape index (κ2) is 7.69. The number of nitrogens with zero attached hydrogens (tertiary/aromatic N) is 2. The van der Waals surface area contributed by atoms with Crippen molar-refractivity contribution in [3.8, 4) is 11.5 Å². The van der Waals surface area contributed by atoms with Crippen LogP contribution in [0.5, 0.6) is 11.5 Å². The van der Waals surface area contributed by atoms with Gasteiger partial charge in [-0.2, -0.15) is 4.98 Å². The summed E-state index contributed by atoms with van der Waals surface area (Å²) in [6, 6.07) is 12.5. The quantitative estimate of drug-likeness (QED) is 0.732. The standard InChI is InChI=1S/C19H19N3O4/c1-12-20-18(26-22-12)11-13-6-4-5-7-15(13)21-19(23)14-8-9-16(24-2)17(10-14)25-3/h4-10H,11H2,1-3H3,(H,21,23). The molecule has 1 heterocycles. The van der Waals surface area contributed by atoms with Crippen molar-refractivity contribution in [1.29, 1.82) is 0 Å². The molecule has 0 unspecified atom stereocenters. The van der Waals surface area contributed by atoms with Gasteiger partial charge in [0.05, 0.1) is 20.6 Å². The number of aryl methyl sites for hydroxylation is 1. The zero-order valence-electron chi connectivity index (χ0n) is 14.8. The highest BCUT2D eigenvalue weighted by molar-refractivity contribution is 6.05. The molecule has 134 valence electrons. The largest absolute Gasteiger partial charge is 0.493 e. The van der Waals surface area contributed by atoms with E-state index in [9.17, 15) is 4.79 Å². The minimum Gasteiger partial charge on any atom is -0.493 e. The fourth-order valence-corrected chi connectivity index (χ4v) is 2.54. The second-order valence-corrected chi connectivity index (χ2v) is 5.59. The molecular formula is C19H19N3O4.